The lowest BCUT2D eigenvalue weighted by atomic mass is 9.73. The summed E-state index contributed by atoms with van der Waals surface area (Å²) in [4.78, 5) is 0. The smallest absolute Gasteiger partial charge is 0.0693 e. The van der Waals surface area contributed by atoms with E-state index in [4.69, 9.17) is 0 Å². The molecule has 2 aliphatic carbocycles. The SMILES string of the molecule is CC(C)C1CC(NC2CCCCC2O)C1. The molecule has 0 aromatic heterocycles. The Kier molecular flexibility index (Phi) is 3.68. The maximum atomic E-state index is 9.85. The zero-order chi connectivity index (χ0) is 10.8. The fourth-order valence-electron chi connectivity index (χ4n) is 2.95. The molecule has 2 atom stereocenters. The average Bonchev–Trinajstić information content (AvgIpc) is 2.12. The van der Waals surface area contributed by atoms with Crippen LogP contribution in [0.3, 0.4) is 0 Å². The Morgan fingerprint density at radius 3 is 2.40 bits per heavy atom. The van der Waals surface area contributed by atoms with Crippen LogP contribution in [0.4, 0.5) is 0 Å². The van der Waals surface area contributed by atoms with Gasteiger partial charge in [-0.25, -0.2) is 0 Å². The molecule has 0 aromatic carbocycles. The Hall–Kier alpha value is -0.0800. The number of aliphatic hydroxyl groups excluding tert-OH is 1. The lowest BCUT2D eigenvalue weighted by Crippen LogP contribution is -2.52. The molecule has 88 valence electrons. The third-order valence-corrected chi connectivity index (χ3v) is 4.30. The van der Waals surface area contributed by atoms with Crippen LogP contribution >= 0.6 is 0 Å². The van der Waals surface area contributed by atoms with Crippen LogP contribution in [-0.4, -0.2) is 23.3 Å². The summed E-state index contributed by atoms with van der Waals surface area (Å²) in [5.74, 6) is 1.75. The van der Waals surface area contributed by atoms with Gasteiger partial charge in [-0.05, 0) is 37.5 Å². The van der Waals surface area contributed by atoms with Crippen LogP contribution in [0.1, 0.15) is 52.4 Å². The Balaban J connectivity index is 1.70. The highest BCUT2D eigenvalue weighted by Gasteiger charge is 2.34. The van der Waals surface area contributed by atoms with E-state index in [2.05, 4.69) is 19.2 Å². The molecule has 2 nitrogen and oxygen atoms in total. The van der Waals surface area contributed by atoms with Gasteiger partial charge >= 0.3 is 0 Å². The monoisotopic (exact) mass is 211 g/mol. The van der Waals surface area contributed by atoms with Crippen molar-refractivity contribution in [2.75, 3.05) is 0 Å². The van der Waals surface area contributed by atoms with Crippen LogP contribution in [0.25, 0.3) is 0 Å². The molecule has 0 heterocycles. The van der Waals surface area contributed by atoms with Crippen molar-refractivity contribution in [1.82, 2.24) is 5.32 Å². The molecule has 2 fully saturated rings. The maximum Gasteiger partial charge on any atom is 0.0693 e. The van der Waals surface area contributed by atoms with Crippen molar-refractivity contribution in [1.29, 1.82) is 0 Å². The lowest BCUT2D eigenvalue weighted by Gasteiger charge is -2.42. The molecule has 0 spiro atoms. The first-order valence-corrected chi connectivity index (χ1v) is 6.61. The van der Waals surface area contributed by atoms with E-state index in [0.29, 0.717) is 12.1 Å². The summed E-state index contributed by atoms with van der Waals surface area (Å²) in [6.07, 6.45) is 7.22. The zero-order valence-corrected chi connectivity index (χ0v) is 10.1. The van der Waals surface area contributed by atoms with Gasteiger partial charge in [0, 0.05) is 12.1 Å². The van der Waals surface area contributed by atoms with Gasteiger partial charge in [0.05, 0.1) is 6.10 Å². The number of hydrogen-bond acceptors (Lipinski definition) is 2. The van der Waals surface area contributed by atoms with Crippen molar-refractivity contribution in [2.45, 2.75) is 70.6 Å². The second kappa shape index (κ2) is 4.84. The summed E-state index contributed by atoms with van der Waals surface area (Å²) in [5.41, 5.74) is 0. The molecule has 2 rings (SSSR count). The molecule has 0 aromatic rings. The molecular formula is C13H25NO. The van der Waals surface area contributed by atoms with Crippen molar-refractivity contribution < 1.29 is 5.11 Å². The lowest BCUT2D eigenvalue weighted by molar-refractivity contribution is 0.0629. The van der Waals surface area contributed by atoms with E-state index in [9.17, 15) is 5.11 Å². The van der Waals surface area contributed by atoms with Crippen LogP contribution in [0.15, 0.2) is 0 Å². The van der Waals surface area contributed by atoms with Crippen molar-refractivity contribution >= 4 is 0 Å². The highest BCUT2D eigenvalue weighted by molar-refractivity contribution is 4.91. The first-order chi connectivity index (χ1) is 7.16. The first kappa shape index (κ1) is 11.4. The predicted octanol–water partition coefficient (Wildman–Crippen LogP) is 2.31. The first-order valence-electron chi connectivity index (χ1n) is 6.61. The standard InChI is InChI=1S/C13H25NO/c1-9(2)10-7-11(8-10)14-12-5-3-4-6-13(12)15/h9-15H,3-8H2,1-2H3. The third kappa shape index (κ3) is 2.73. The van der Waals surface area contributed by atoms with Crippen molar-refractivity contribution in [3.8, 4) is 0 Å². The number of hydrogen-bond donors (Lipinski definition) is 2. The van der Waals surface area contributed by atoms with E-state index in [1.165, 1.54) is 32.1 Å². The summed E-state index contributed by atoms with van der Waals surface area (Å²) in [7, 11) is 0. The summed E-state index contributed by atoms with van der Waals surface area (Å²) in [5, 5.41) is 13.5. The zero-order valence-electron chi connectivity index (χ0n) is 10.1. The second-order valence-corrected chi connectivity index (χ2v) is 5.80. The summed E-state index contributed by atoms with van der Waals surface area (Å²) in [6.45, 7) is 4.63. The summed E-state index contributed by atoms with van der Waals surface area (Å²) < 4.78 is 0. The number of rotatable bonds is 3. The van der Waals surface area contributed by atoms with Gasteiger partial charge in [-0.3, -0.25) is 0 Å². The van der Waals surface area contributed by atoms with Gasteiger partial charge in [-0.1, -0.05) is 26.7 Å². The van der Waals surface area contributed by atoms with Crippen molar-refractivity contribution in [2.24, 2.45) is 11.8 Å². The van der Waals surface area contributed by atoms with Gasteiger partial charge in [0.15, 0.2) is 0 Å². The van der Waals surface area contributed by atoms with Gasteiger partial charge in [0.1, 0.15) is 0 Å². The van der Waals surface area contributed by atoms with E-state index in [1.54, 1.807) is 0 Å². The third-order valence-electron chi connectivity index (χ3n) is 4.30. The molecular weight excluding hydrogens is 186 g/mol. The fourth-order valence-corrected chi connectivity index (χ4v) is 2.95. The van der Waals surface area contributed by atoms with Gasteiger partial charge in [-0.2, -0.15) is 0 Å². The molecule has 0 radical (unpaired) electrons. The van der Waals surface area contributed by atoms with Crippen LogP contribution in [0.5, 0.6) is 0 Å². The van der Waals surface area contributed by atoms with Crippen LogP contribution in [0.2, 0.25) is 0 Å². The van der Waals surface area contributed by atoms with Gasteiger partial charge < -0.3 is 10.4 Å². The van der Waals surface area contributed by atoms with E-state index < -0.39 is 0 Å². The minimum Gasteiger partial charge on any atom is -0.392 e. The Bertz CT molecular complexity index is 199. The molecule has 0 saturated heterocycles. The molecule has 2 aliphatic rings. The summed E-state index contributed by atoms with van der Waals surface area (Å²) >= 11 is 0. The van der Waals surface area contributed by atoms with Crippen molar-refractivity contribution in [3.05, 3.63) is 0 Å². The molecule has 15 heavy (non-hydrogen) atoms. The normalized spacial score (nSPS) is 41.6. The Morgan fingerprint density at radius 1 is 1.13 bits per heavy atom. The van der Waals surface area contributed by atoms with Crippen LogP contribution in [0, 0.1) is 11.8 Å². The van der Waals surface area contributed by atoms with Gasteiger partial charge in [0.25, 0.3) is 0 Å². The Labute approximate surface area is 93.5 Å². The maximum absolute atomic E-state index is 9.85. The van der Waals surface area contributed by atoms with E-state index in [1.807, 2.05) is 0 Å². The van der Waals surface area contributed by atoms with E-state index >= 15 is 0 Å². The largest absolute Gasteiger partial charge is 0.392 e. The topological polar surface area (TPSA) is 32.3 Å². The quantitative estimate of drug-likeness (QED) is 0.751. The van der Waals surface area contributed by atoms with Gasteiger partial charge in [-0.15, -0.1) is 0 Å². The molecule has 2 heteroatoms. The number of nitrogens with one attached hydrogen (secondary N) is 1. The molecule has 2 unspecified atom stereocenters. The molecule has 2 N–H and O–H groups in total. The van der Waals surface area contributed by atoms with E-state index in [-0.39, 0.29) is 6.10 Å². The molecule has 2 saturated carbocycles. The van der Waals surface area contributed by atoms with Crippen LogP contribution in [-0.2, 0) is 0 Å². The average molecular weight is 211 g/mol. The number of aliphatic hydroxyl groups is 1. The minimum absolute atomic E-state index is 0.0863. The predicted molar refractivity (Wildman–Crippen MR) is 62.7 cm³/mol. The van der Waals surface area contributed by atoms with Crippen molar-refractivity contribution in [3.63, 3.8) is 0 Å². The molecule has 0 bridgehead atoms. The summed E-state index contributed by atoms with van der Waals surface area (Å²) in [6, 6.07) is 1.08. The highest BCUT2D eigenvalue weighted by atomic mass is 16.3. The van der Waals surface area contributed by atoms with Gasteiger partial charge in [0.2, 0.25) is 0 Å². The second-order valence-electron chi connectivity index (χ2n) is 5.80. The molecule has 0 aliphatic heterocycles. The minimum atomic E-state index is -0.0863. The molecule has 0 amide bonds. The Morgan fingerprint density at radius 2 is 1.80 bits per heavy atom. The highest BCUT2D eigenvalue weighted by Crippen LogP contribution is 2.34. The fraction of sp³-hybridized carbons (Fsp3) is 1.00. The van der Waals surface area contributed by atoms with E-state index in [0.717, 1.165) is 18.3 Å². The van der Waals surface area contributed by atoms with Crippen LogP contribution < -0.4 is 5.32 Å².